The van der Waals surface area contributed by atoms with Crippen LogP contribution in [0.3, 0.4) is 0 Å². The Labute approximate surface area is 175 Å². The van der Waals surface area contributed by atoms with E-state index in [9.17, 15) is 13.2 Å². The summed E-state index contributed by atoms with van der Waals surface area (Å²) in [5, 5.41) is 0. The summed E-state index contributed by atoms with van der Waals surface area (Å²) in [7, 11) is -3.74. The summed E-state index contributed by atoms with van der Waals surface area (Å²) in [5.41, 5.74) is 0.564. The zero-order chi connectivity index (χ0) is 21.8. The third kappa shape index (κ3) is 6.71. The minimum atomic E-state index is -3.74. The highest BCUT2D eigenvalue weighted by Crippen LogP contribution is 2.31. The van der Waals surface area contributed by atoms with Gasteiger partial charge < -0.3 is 9.64 Å². The summed E-state index contributed by atoms with van der Waals surface area (Å²) in [6.45, 7) is 11.8. The molecule has 1 heterocycles. The molecule has 0 saturated carbocycles. The molecule has 0 aromatic heterocycles. The van der Waals surface area contributed by atoms with Gasteiger partial charge in [-0.2, -0.15) is 8.42 Å². The second kappa shape index (κ2) is 9.47. The van der Waals surface area contributed by atoms with Crippen molar-refractivity contribution in [3.63, 3.8) is 0 Å². The smallest absolute Gasteiger partial charge is 0.410 e. The molecule has 1 aromatic carbocycles. The van der Waals surface area contributed by atoms with Crippen molar-refractivity contribution in [2.45, 2.75) is 89.8 Å². The van der Waals surface area contributed by atoms with Gasteiger partial charge in [0.05, 0.1) is 11.5 Å². The fourth-order valence-electron chi connectivity index (χ4n) is 3.92. The first kappa shape index (κ1) is 23.7. The quantitative estimate of drug-likeness (QED) is 0.614. The maximum absolute atomic E-state index is 12.5. The van der Waals surface area contributed by atoms with E-state index in [-0.39, 0.29) is 29.7 Å². The molecule has 164 valence electrons. The van der Waals surface area contributed by atoms with Crippen molar-refractivity contribution in [1.29, 1.82) is 0 Å². The summed E-state index contributed by atoms with van der Waals surface area (Å²) in [4.78, 5) is 14.5. The summed E-state index contributed by atoms with van der Waals surface area (Å²) >= 11 is 0. The monoisotopic (exact) mass is 425 g/mol. The molecule has 0 aliphatic carbocycles. The van der Waals surface area contributed by atoms with Crippen LogP contribution in [-0.4, -0.2) is 43.7 Å². The topological polar surface area (TPSA) is 72.9 Å². The summed E-state index contributed by atoms with van der Waals surface area (Å²) in [5.74, 6) is 0.302. The lowest BCUT2D eigenvalue weighted by molar-refractivity contribution is -0.00848. The minimum absolute atomic E-state index is 0.0387. The molecule has 2 atom stereocenters. The van der Waals surface area contributed by atoms with E-state index in [1.807, 2.05) is 53.7 Å². The van der Waals surface area contributed by atoms with Crippen molar-refractivity contribution in [2.24, 2.45) is 5.92 Å². The van der Waals surface area contributed by atoms with E-state index in [2.05, 4.69) is 0 Å². The van der Waals surface area contributed by atoms with Gasteiger partial charge in [0.2, 0.25) is 0 Å². The first-order chi connectivity index (χ1) is 13.4. The summed E-state index contributed by atoms with van der Waals surface area (Å²) in [6.07, 6.45) is 2.82. The predicted octanol–water partition coefficient (Wildman–Crippen LogP) is 4.77. The lowest BCUT2D eigenvalue weighted by Crippen LogP contribution is -2.51. The Bertz CT molecular complexity index is 770. The number of carbonyl (C=O) groups excluding carboxylic acids is 1. The average molecular weight is 426 g/mol. The zero-order valence-corrected chi connectivity index (χ0v) is 19.3. The summed E-state index contributed by atoms with van der Waals surface area (Å²) in [6, 6.07) is 6.89. The molecule has 2 unspecified atom stereocenters. The first-order valence-electron chi connectivity index (χ1n) is 10.4. The molecule has 1 aromatic rings. The largest absolute Gasteiger partial charge is 0.444 e. The van der Waals surface area contributed by atoms with Gasteiger partial charge in [-0.25, -0.2) is 4.79 Å². The molecule has 0 radical (unpaired) electrons. The molecule has 1 aliphatic heterocycles. The number of rotatable bonds is 6. The van der Waals surface area contributed by atoms with Gasteiger partial charge in [0.15, 0.2) is 0 Å². The molecule has 29 heavy (non-hydrogen) atoms. The Hall–Kier alpha value is -1.60. The molecular formula is C22H35NO5S. The number of piperidine rings is 1. The van der Waals surface area contributed by atoms with Crippen LogP contribution in [0.15, 0.2) is 29.2 Å². The van der Waals surface area contributed by atoms with Gasteiger partial charge in [0.25, 0.3) is 10.1 Å². The van der Waals surface area contributed by atoms with Crippen molar-refractivity contribution in [3.05, 3.63) is 29.8 Å². The van der Waals surface area contributed by atoms with Gasteiger partial charge in [-0.1, -0.05) is 19.1 Å². The molecule has 2 rings (SSSR count). The van der Waals surface area contributed by atoms with Crippen LogP contribution in [0, 0.1) is 5.92 Å². The highest BCUT2D eigenvalue weighted by molar-refractivity contribution is 7.86. The number of benzene rings is 1. The Kier molecular flexibility index (Phi) is 7.74. The molecule has 1 aliphatic rings. The van der Waals surface area contributed by atoms with Gasteiger partial charge >= 0.3 is 6.09 Å². The number of ether oxygens (including phenoxy) is 1. The molecular weight excluding hydrogens is 390 g/mol. The number of amides is 1. The maximum Gasteiger partial charge on any atom is 0.410 e. The molecule has 0 N–H and O–H groups in total. The van der Waals surface area contributed by atoms with Crippen molar-refractivity contribution in [3.8, 4) is 0 Å². The van der Waals surface area contributed by atoms with Crippen LogP contribution in [0.4, 0.5) is 4.79 Å². The van der Waals surface area contributed by atoms with Crippen LogP contribution in [0.5, 0.6) is 0 Å². The molecule has 7 heteroatoms. The second-order valence-corrected chi connectivity index (χ2v) is 10.6. The number of hydrogen-bond acceptors (Lipinski definition) is 5. The number of likely N-dealkylation sites (tertiary alicyclic amines) is 1. The number of nitrogens with zero attached hydrogens (tertiary/aromatic N) is 1. The standard InChI is InChI=1S/C22H35NO5S/c1-7-18-8-10-20(11-9-18)29(25,26)27-13-12-19-14-16(2)23(17(3)15-19)21(24)28-22(4,5)6/h8-11,16-17,19H,7,12-15H2,1-6H3. The number of carbonyl (C=O) groups is 1. The third-order valence-corrected chi connectivity index (χ3v) is 6.61. The van der Waals surface area contributed by atoms with Crippen LogP contribution in [0.2, 0.25) is 0 Å². The van der Waals surface area contributed by atoms with Crippen molar-refractivity contribution < 1.29 is 22.1 Å². The zero-order valence-electron chi connectivity index (χ0n) is 18.5. The van der Waals surface area contributed by atoms with Crippen LogP contribution in [0.1, 0.15) is 66.4 Å². The lowest BCUT2D eigenvalue weighted by Gasteiger charge is -2.42. The molecule has 1 saturated heterocycles. The first-order valence-corrected chi connectivity index (χ1v) is 11.8. The van der Waals surface area contributed by atoms with E-state index in [1.165, 1.54) is 0 Å². The molecule has 1 fully saturated rings. The normalized spacial score (nSPS) is 23.1. The maximum atomic E-state index is 12.5. The van der Waals surface area contributed by atoms with Gasteiger partial charge in [-0.3, -0.25) is 4.18 Å². The molecule has 6 nitrogen and oxygen atoms in total. The third-order valence-electron chi connectivity index (χ3n) is 5.29. The summed E-state index contributed by atoms with van der Waals surface area (Å²) < 4.78 is 35.6. The van der Waals surface area contributed by atoms with Crippen LogP contribution < -0.4 is 0 Å². The van der Waals surface area contributed by atoms with Crippen LogP contribution in [0.25, 0.3) is 0 Å². The highest BCUT2D eigenvalue weighted by Gasteiger charge is 2.36. The van der Waals surface area contributed by atoms with E-state index in [0.717, 1.165) is 24.8 Å². The van der Waals surface area contributed by atoms with Gasteiger partial charge in [-0.15, -0.1) is 0 Å². The van der Waals surface area contributed by atoms with Gasteiger partial charge in [0, 0.05) is 12.1 Å². The Balaban J connectivity index is 1.88. The average Bonchev–Trinajstić information content (AvgIpc) is 2.59. The van der Waals surface area contributed by atoms with E-state index in [1.54, 1.807) is 17.0 Å². The van der Waals surface area contributed by atoms with Gasteiger partial charge in [0.1, 0.15) is 5.60 Å². The number of hydrogen-bond donors (Lipinski definition) is 0. The fraction of sp³-hybridized carbons (Fsp3) is 0.682. The predicted molar refractivity (Wildman–Crippen MR) is 113 cm³/mol. The minimum Gasteiger partial charge on any atom is -0.444 e. The van der Waals surface area contributed by atoms with Crippen molar-refractivity contribution in [1.82, 2.24) is 4.90 Å². The van der Waals surface area contributed by atoms with Crippen LogP contribution in [-0.2, 0) is 25.5 Å². The van der Waals surface area contributed by atoms with E-state index < -0.39 is 15.7 Å². The van der Waals surface area contributed by atoms with E-state index in [4.69, 9.17) is 8.92 Å². The number of aryl methyl sites for hydroxylation is 1. The molecule has 0 bridgehead atoms. The molecule has 0 spiro atoms. The fourth-order valence-corrected chi connectivity index (χ4v) is 4.84. The van der Waals surface area contributed by atoms with E-state index >= 15 is 0 Å². The molecule has 1 amide bonds. The lowest BCUT2D eigenvalue weighted by atomic mass is 9.85. The van der Waals surface area contributed by atoms with E-state index in [0.29, 0.717) is 12.3 Å². The van der Waals surface area contributed by atoms with Crippen molar-refractivity contribution in [2.75, 3.05) is 6.61 Å². The Morgan fingerprint density at radius 1 is 1.10 bits per heavy atom. The Morgan fingerprint density at radius 2 is 1.66 bits per heavy atom. The Morgan fingerprint density at radius 3 is 2.14 bits per heavy atom. The van der Waals surface area contributed by atoms with Gasteiger partial charge in [-0.05, 0) is 83.9 Å². The van der Waals surface area contributed by atoms with Crippen LogP contribution >= 0.6 is 0 Å². The second-order valence-electron chi connectivity index (χ2n) is 8.99. The SMILES string of the molecule is CCc1ccc(S(=O)(=O)OCCC2CC(C)N(C(=O)OC(C)(C)C)C(C)C2)cc1. The highest BCUT2D eigenvalue weighted by atomic mass is 32.2. The van der Waals surface area contributed by atoms with Crippen molar-refractivity contribution >= 4 is 16.2 Å².